The predicted molar refractivity (Wildman–Crippen MR) is 116 cm³/mol. The third-order valence-electron chi connectivity index (χ3n) is 4.22. The van der Waals surface area contributed by atoms with Crippen molar-refractivity contribution in [3.63, 3.8) is 0 Å². The van der Waals surface area contributed by atoms with Crippen LogP contribution in [0.3, 0.4) is 0 Å². The number of carbonyl (C=O) groups excluding carboxylic acids is 1. The molecule has 0 aliphatic heterocycles. The Hall–Kier alpha value is -3.55. The number of benzene rings is 3. The van der Waals surface area contributed by atoms with Gasteiger partial charge >= 0.3 is 0 Å². The number of aryl methyl sites for hydroxylation is 1. The minimum absolute atomic E-state index is 0.0451. The molecule has 0 aromatic heterocycles. The van der Waals surface area contributed by atoms with E-state index in [9.17, 15) is 10.1 Å². The fraction of sp³-hybridized carbons (Fsp3) is 0.0833. The van der Waals surface area contributed by atoms with Crippen LogP contribution in [0, 0.1) is 18.3 Å². The van der Waals surface area contributed by atoms with Crippen molar-refractivity contribution in [3.8, 4) is 11.8 Å². The van der Waals surface area contributed by atoms with Crippen LogP contribution in [0.15, 0.2) is 78.4 Å². The highest BCUT2D eigenvalue weighted by molar-refractivity contribution is 6.34. The third-order valence-corrected chi connectivity index (χ3v) is 4.55. The Morgan fingerprint density at radius 3 is 2.48 bits per heavy atom. The van der Waals surface area contributed by atoms with E-state index in [0.717, 1.165) is 5.56 Å². The Bertz CT molecular complexity index is 1080. The summed E-state index contributed by atoms with van der Waals surface area (Å²) in [5.74, 6) is 0.0558. The molecule has 3 aromatic rings. The summed E-state index contributed by atoms with van der Waals surface area (Å²) in [6.07, 6.45) is 1.51. The molecular weight excluding hydrogens is 384 g/mol. The number of nitrogens with zero attached hydrogens (tertiary/aromatic N) is 1. The predicted octanol–water partition coefficient (Wildman–Crippen LogP) is 5.77. The van der Waals surface area contributed by atoms with E-state index in [0.29, 0.717) is 28.6 Å². The van der Waals surface area contributed by atoms with Gasteiger partial charge in [-0.15, -0.1) is 0 Å². The van der Waals surface area contributed by atoms with Gasteiger partial charge in [-0.2, -0.15) is 5.26 Å². The summed E-state index contributed by atoms with van der Waals surface area (Å²) in [6.45, 7) is 2.42. The van der Waals surface area contributed by atoms with Crippen LogP contribution >= 0.6 is 11.6 Å². The van der Waals surface area contributed by atoms with Gasteiger partial charge in [0.15, 0.2) is 0 Å². The highest BCUT2D eigenvalue weighted by Crippen LogP contribution is 2.24. The van der Waals surface area contributed by atoms with Gasteiger partial charge in [0.2, 0.25) is 0 Å². The molecule has 1 N–H and O–H groups in total. The van der Waals surface area contributed by atoms with Crippen LogP contribution in [0.4, 0.5) is 5.69 Å². The van der Waals surface area contributed by atoms with E-state index in [1.165, 1.54) is 11.6 Å². The van der Waals surface area contributed by atoms with Gasteiger partial charge in [0, 0.05) is 5.56 Å². The maximum Gasteiger partial charge on any atom is 0.266 e. The first-order valence-corrected chi connectivity index (χ1v) is 9.39. The van der Waals surface area contributed by atoms with E-state index in [2.05, 4.69) is 5.32 Å². The quantitative estimate of drug-likeness (QED) is 0.420. The van der Waals surface area contributed by atoms with Gasteiger partial charge in [-0.3, -0.25) is 4.79 Å². The molecule has 0 heterocycles. The molecule has 0 radical (unpaired) electrons. The number of carbonyl (C=O) groups is 1. The molecule has 0 saturated heterocycles. The summed E-state index contributed by atoms with van der Waals surface area (Å²) in [5, 5.41) is 12.5. The van der Waals surface area contributed by atoms with Gasteiger partial charge in [-0.1, -0.05) is 71.8 Å². The molecule has 4 nitrogen and oxygen atoms in total. The van der Waals surface area contributed by atoms with E-state index in [-0.39, 0.29) is 5.57 Å². The number of rotatable bonds is 6. The zero-order valence-corrected chi connectivity index (χ0v) is 16.6. The lowest BCUT2D eigenvalue weighted by molar-refractivity contribution is -0.112. The van der Waals surface area contributed by atoms with Crippen molar-refractivity contribution in [2.45, 2.75) is 13.5 Å². The first-order valence-electron chi connectivity index (χ1n) is 9.02. The summed E-state index contributed by atoms with van der Waals surface area (Å²) in [5.41, 5.74) is 3.26. The number of amides is 1. The van der Waals surface area contributed by atoms with E-state index < -0.39 is 5.91 Å². The lowest BCUT2D eigenvalue weighted by Gasteiger charge is -2.10. The van der Waals surface area contributed by atoms with Crippen LogP contribution in [0.1, 0.15) is 16.7 Å². The SMILES string of the molecule is Cc1ccc(COc2ccccc2/C=C(\C#N)C(=O)Nc2ccccc2Cl)cc1. The number of hydrogen-bond donors (Lipinski definition) is 1. The van der Waals surface area contributed by atoms with Crippen molar-refractivity contribution in [2.75, 3.05) is 5.32 Å². The van der Waals surface area contributed by atoms with Crippen molar-refractivity contribution in [2.24, 2.45) is 0 Å². The maximum absolute atomic E-state index is 12.5. The molecule has 29 heavy (non-hydrogen) atoms. The molecule has 0 fully saturated rings. The number of ether oxygens (including phenoxy) is 1. The van der Waals surface area contributed by atoms with E-state index >= 15 is 0 Å². The normalized spacial score (nSPS) is 10.9. The first-order chi connectivity index (χ1) is 14.1. The average Bonchev–Trinajstić information content (AvgIpc) is 2.74. The molecule has 144 valence electrons. The molecule has 0 spiro atoms. The fourth-order valence-corrected chi connectivity index (χ4v) is 2.82. The van der Waals surface area contributed by atoms with Gasteiger partial charge in [-0.05, 0) is 36.8 Å². The van der Waals surface area contributed by atoms with E-state index in [1.807, 2.05) is 49.4 Å². The Morgan fingerprint density at radius 1 is 1.07 bits per heavy atom. The molecule has 5 heteroatoms. The zero-order chi connectivity index (χ0) is 20.6. The number of halogens is 1. The Morgan fingerprint density at radius 2 is 1.76 bits per heavy atom. The Labute approximate surface area is 175 Å². The van der Waals surface area contributed by atoms with Crippen LogP contribution in [0.5, 0.6) is 5.75 Å². The zero-order valence-electron chi connectivity index (χ0n) is 15.9. The second kappa shape index (κ2) is 9.59. The lowest BCUT2D eigenvalue weighted by atomic mass is 10.1. The van der Waals surface area contributed by atoms with Crippen molar-refractivity contribution in [3.05, 3.63) is 100 Å². The van der Waals surface area contributed by atoms with Crippen LogP contribution in [-0.2, 0) is 11.4 Å². The second-order valence-electron chi connectivity index (χ2n) is 6.42. The average molecular weight is 403 g/mol. The second-order valence-corrected chi connectivity index (χ2v) is 6.82. The van der Waals surface area contributed by atoms with Crippen molar-refractivity contribution < 1.29 is 9.53 Å². The molecule has 3 rings (SSSR count). The largest absolute Gasteiger partial charge is 0.488 e. The summed E-state index contributed by atoms with van der Waals surface area (Å²) in [7, 11) is 0. The number of anilines is 1. The third kappa shape index (κ3) is 5.47. The van der Waals surface area contributed by atoms with Gasteiger partial charge in [0.1, 0.15) is 24.0 Å². The smallest absolute Gasteiger partial charge is 0.266 e. The van der Waals surface area contributed by atoms with E-state index in [4.69, 9.17) is 16.3 Å². The summed E-state index contributed by atoms with van der Waals surface area (Å²) in [4.78, 5) is 12.5. The van der Waals surface area contributed by atoms with Crippen LogP contribution in [-0.4, -0.2) is 5.91 Å². The van der Waals surface area contributed by atoms with Crippen molar-refractivity contribution in [1.29, 1.82) is 5.26 Å². The van der Waals surface area contributed by atoms with Gasteiger partial charge < -0.3 is 10.1 Å². The summed E-state index contributed by atoms with van der Waals surface area (Å²) in [6, 6.07) is 24.1. The molecule has 0 saturated carbocycles. The molecule has 0 aliphatic rings. The van der Waals surface area contributed by atoms with Crippen LogP contribution in [0.25, 0.3) is 6.08 Å². The van der Waals surface area contributed by atoms with Gasteiger partial charge in [0.05, 0.1) is 10.7 Å². The minimum atomic E-state index is -0.533. The topological polar surface area (TPSA) is 62.1 Å². The maximum atomic E-state index is 12.5. The van der Waals surface area contributed by atoms with Gasteiger partial charge in [0.25, 0.3) is 5.91 Å². The van der Waals surface area contributed by atoms with Crippen LogP contribution in [0.2, 0.25) is 5.02 Å². The van der Waals surface area contributed by atoms with Crippen molar-refractivity contribution in [1.82, 2.24) is 0 Å². The number of nitriles is 1. The number of hydrogen-bond acceptors (Lipinski definition) is 3. The van der Waals surface area contributed by atoms with Crippen molar-refractivity contribution >= 4 is 29.3 Å². The van der Waals surface area contributed by atoms with E-state index in [1.54, 1.807) is 36.4 Å². The lowest BCUT2D eigenvalue weighted by Crippen LogP contribution is -2.13. The molecule has 0 unspecified atom stereocenters. The molecule has 0 bridgehead atoms. The highest BCUT2D eigenvalue weighted by Gasteiger charge is 2.12. The molecule has 1 amide bonds. The van der Waals surface area contributed by atoms with Crippen LogP contribution < -0.4 is 10.1 Å². The monoisotopic (exact) mass is 402 g/mol. The Balaban J connectivity index is 1.78. The highest BCUT2D eigenvalue weighted by atomic mass is 35.5. The standard InChI is InChI=1S/C24H19ClN2O2/c1-17-10-12-18(13-11-17)16-29-23-9-5-2-6-19(23)14-20(15-26)24(28)27-22-8-4-3-7-21(22)25/h2-14H,16H2,1H3,(H,27,28)/b20-14+. The molecule has 3 aromatic carbocycles. The summed E-state index contributed by atoms with van der Waals surface area (Å²) < 4.78 is 5.92. The fourth-order valence-electron chi connectivity index (χ4n) is 2.63. The number of nitrogens with one attached hydrogen (secondary N) is 1. The first kappa shape index (κ1) is 20.2. The summed E-state index contributed by atoms with van der Waals surface area (Å²) >= 11 is 6.07. The Kier molecular flexibility index (Phi) is 6.67. The molecular formula is C24H19ClN2O2. The molecule has 0 aliphatic carbocycles. The number of para-hydroxylation sites is 2. The van der Waals surface area contributed by atoms with Gasteiger partial charge in [-0.25, -0.2) is 0 Å². The molecule has 0 atom stereocenters. The minimum Gasteiger partial charge on any atom is -0.488 e.